The summed E-state index contributed by atoms with van der Waals surface area (Å²) in [5.41, 5.74) is 2.47. The molecule has 4 aromatic rings. The van der Waals surface area contributed by atoms with Crippen molar-refractivity contribution in [1.29, 1.82) is 0 Å². The van der Waals surface area contributed by atoms with Gasteiger partial charge in [-0.2, -0.15) is 4.68 Å². The number of aryl methyl sites for hydroxylation is 1. The maximum Gasteiger partial charge on any atom is 0.277 e. The molecule has 0 unspecified atom stereocenters. The molecule has 0 saturated carbocycles. The third kappa shape index (κ3) is 3.38. The lowest BCUT2D eigenvalue weighted by molar-refractivity contribution is -0.138. The van der Waals surface area contributed by atoms with Crippen LogP contribution in [-0.4, -0.2) is 38.0 Å². The van der Waals surface area contributed by atoms with E-state index in [2.05, 4.69) is 10.1 Å². The van der Waals surface area contributed by atoms with Crippen LogP contribution < -0.4 is 5.56 Å². The normalized spacial score (nSPS) is 16.5. The lowest BCUT2D eigenvalue weighted by Gasteiger charge is -2.14. The Balaban J connectivity index is 1.43. The van der Waals surface area contributed by atoms with Gasteiger partial charge in [0.25, 0.3) is 5.56 Å². The summed E-state index contributed by atoms with van der Waals surface area (Å²) >= 11 is 1.40. The number of amides is 2. The fraction of sp³-hybridized carbons (Fsp3) is 0.217. The number of carbonyl (C=O) groups is 2. The summed E-state index contributed by atoms with van der Waals surface area (Å²) in [4.78, 5) is 44.7. The van der Waals surface area contributed by atoms with Gasteiger partial charge >= 0.3 is 0 Å². The summed E-state index contributed by atoms with van der Waals surface area (Å²) in [6.45, 7) is 2.07. The number of thiazole rings is 1. The second-order valence-corrected chi connectivity index (χ2v) is 8.64. The number of hydrogen-bond acceptors (Lipinski definition) is 5. The lowest BCUT2D eigenvalue weighted by atomic mass is 9.98. The topological polar surface area (TPSA) is 88.1 Å². The van der Waals surface area contributed by atoms with Crippen LogP contribution in [0.2, 0.25) is 0 Å². The predicted octanol–water partition coefficient (Wildman–Crippen LogP) is 3.17. The monoisotopic (exact) mass is 432 g/mol. The van der Waals surface area contributed by atoms with Crippen LogP contribution in [0, 0.1) is 6.92 Å². The number of nitrogens with zero attached hydrogens (tertiary/aromatic N) is 3. The minimum absolute atomic E-state index is 0.0153. The molecule has 1 atom stereocenters. The van der Waals surface area contributed by atoms with Crippen LogP contribution in [0.25, 0.3) is 15.3 Å². The van der Waals surface area contributed by atoms with Crippen molar-refractivity contribution >= 4 is 33.4 Å². The molecular formula is C23H20N4O3S. The number of aromatic nitrogens is 3. The number of nitrogens with one attached hydrogen (secondary N) is 1. The largest absolute Gasteiger partial charge is 0.293 e. The highest BCUT2D eigenvalue weighted by molar-refractivity contribution is 7.20. The van der Waals surface area contributed by atoms with Gasteiger partial charge in [0.2, 0.25) is 16.9 Å². The van der Waals surface area contributed by atoms with Gasteiger partial charge in [0, 0.05) is 18.7 Å². The van der Waals surface area contributed by atoms with Crippen molar-refractivity contribution in [1.82, 2.24) is 19.7 Å². The first kappa shape index (κ1) is 19.4. The fourth-order valence-electron chi connectivity index (χ4n) is 4.09. The first-order valence-corrected chi connectivity index (χ1v) is 10.9. The van der Waals surface area contributed by atoms with E-state index in [0.29, 0.717) is 29.4 Å². The Morgan fingerprint density at radius 1 is 1.06 bits per heavy atom. The molecule has 0 radical (unpaired) electrons. The third-order valence-electron chi connectivity index (χ3n) is 5.65. The Morgan fingerprint density at radius 2 is 1.81 bits per heavy atom. The smallest absolute Gasteiger partial charge is 0.277 e. The molecule has 2 aromatic carbocycles. The fourth-order valence-corrected chi connectivity index (χ4v) is 5.01. The van der Waals surface area contributed by atoms with E-state index in [1.54, 1.807) is 6.92 Å². The van der Waals surface area contributed by atoms with Crippen molar-refractivity contribution in [3.8, 4) is 5.13 Å². The van der Waals surface area contributed by atoms with Crippen LogP contribution in [-0.2, 0) is 16.0 Å². The molecule has 7 nitrogen and oxygen atoms in total. The van der Waals surface area contributed by atoms with Crippen molar-refractivity contribution in [2.75, 3.05) is 6.54 Å². The number of imide groups is 1. The summed E-state index contributed by atoms with van der Waals surface area (Å²) in [6, 6.07) is 17.4. The average Bonchev–Trinajstić information content (AvgIpc) is 3.41. The number of carbonyl (C=O) groups excluding carboxylic acids is 2. The number of fused-ring (bicyclic) bond motifs is 1. The molecule has 5 rings (SSSR count). The van der Waals surface area contributed by atoms with Gasteiger partial charge in [-0.3, -0.25) is 24.4 Å². The van der Waals surface area contributed by atoms with Gasteiger partial charge in [0.15, 0.2) is 0 Å². The number of aromatic amines is 1. The highest BCUT2D eigenvalue weighted by atomic mass is 32.1. The summed E-state index contributed by atoms with van der Waals surface area (Å²) in [5, 5.41) is 3.56. The number of likely N-dealkylation sites (tertiary alicyclic amines) is 1. The molecule has 31 heavy (non-hydrogen) atoms. The van der Waals surface area contributed by atoms with E-state index in [0.717, 1.165) is 15.8 Å². The van der Waals surface area contributed by atoms with Crippen LogP contribution in [0.5, 0.6) is 0 Å². The van der Waals surface area contributed by atoms with Gasteiger partial charge in [-0.05, 0) is 31.0 Å². The molecule has 0 spiro atoms. The third-order valence-corrected chi connectivity index (χ3v) is 6.67. The highest BCUT2D eigenvalue weighted by Crippen LogP contribution is 2.31. The number of H-pyrrole nitrogens is 1. The molecule has 3 heterocycles. The second kappa shape index (κ2) is 7.63. The standard InChI is InChI=1S/C23H20N4O3S/c1-14-20(22(30)27(25-14)23-24-17-9-5-6-10-18(17)31-23)16-13-19(28)26(21(16)29)12-11-15-7-3-2-4-8-15/h2-10,16,25H,11-13H2,1H3/t16-/m1/s1. The average molecular weight is 433 g/mol. The Kier molecular flexibility index (Phi) is 4.78. The molecule has 156 valence electrons. The van der Waals surface area contributed by atoms with Crippen molar-refractivity contribution in [2.45, 2.75) is 25.7 Å². The molecule has 1 N–H and O–H groups in total. The highest BCUT2D eigenvalue weighted by Gasteiger charge is 2.42. The number of hydrogen-bond donors (Lipinski definition) is 1. The predicted molar refractivity (Wildman–Crippen MR) is 119 cm³/mol. The molecule has 2 aromatic heterocycles. The summed E-state index contributed by atoms with van der Waals surface area (Å²) in [6.07, 6.45) is 0.606. The minimum Gasteiger partial charge on any atom is -0.293 e. The van der Waals surface area contributed by atoms with Crippen LogP contribution in [0.4, 0.5) is 0 Å². The Labute approximate surface area is 181 Å². The molecule has 1 fully saturated rings. The van der Waals surface area contributed by atoms with Crippen molar-refractivity contribution < 1.29 is 9.59 Å². The van der Waals surface area contributed by atoms with E-state index in [4.69, 9.17) is 0 Å². The van der Waals surface area contributed by atoms with E-state index in [1.165, 1.54) is 20.9 Å². The molecule has 0 aliphatic carbocycles. The van der Waals surface area contributed by atoms with E-state index in [-0.39, 0.29) is 23.8 Å². The first-order chi connectivity index (χ1) is 15.0. The summed E-state index contributed by atoms with van der Waals surface area (Å²) in [5.74, 6) is -1.31. The van der Waals surface area contributed by atoms with Crippen LogP contribution in [0.1, 0.15) is 29.2 Å². The van der Waals surface area contributed by atoms with Gasteiger partial charge in [0.1, 0.15) is 0 Å². The van der Waals surface area contributed by atoms with E-state index in [9.17, 15) is 14.4 Å². The number of para-hydroxylation sites is 1. The van der Waals surface area contributed by atoms with Crippen molar-refractivity contribution in [3.05, 3.63) is 81.8 Å². The zero-order valence-electron chi connectivity index (χ0n) is 16.9. The van der Waals surface area contributed by atoms with E-state index < -0.39 is 5.92 Å². The number of rotatable bonds is 5. The van der Waals surface area contributed by atoms with Gasteiger partial charge in [0.05, 0.1) is 21.7 Å². The maximum absolute atomic E-state index is 13.2. The molecular weight excluding hydrogens is 412 g/mol. The maximum atomic E-state index is 13.2. The molecule has 1 aliphatic rings. The summed E-state index contributed by atoms with van der Waals surface area (Å²) in [7, 11) is 0. The molecule has 1 aliphatic heterocycles. The SMILES string of the molecule is Cc1[nH]n(-c2nc3ccccc3s2)c(=O)c1[C@H]1CC(=O)N(CCc2ccccc2)C1=O. The zero-order chi connectivity index (χ0) is 21.5. The lowest BCUT2D eigenvalue weighted by Crippen LogP contribution is -2.33. The quantitative estimate of drug-likeness (QED) is 0.491. The van der Waals surface area contributed by atoms with E-state index >= 15 is 0 Å². The zero-order valence-corrected chi connectivity index (χ0v) is 17.7. The van der Waals surface area contributed by atoms with Crippen LogP contribution >= 0.6 is 11.3 Å². The van der Waals surface area contributed by atoms with Crippen LogP contribution in [0.3, 0.4) is 0 Å². The molecule has 0 bridgehead atoms. The van der Waals surface area contributed by atoms with Gasteiger partial charge in [-0.1, -0.05) is 53.8 Å². The minimum atomic E-state index is -0.761. The second-order valence-electron chi connectivity index (χ2n) is 7.63. The van der Waals surface area contributed by atoms with Gasteiger partial charge < -0.3 is 0 Å². The Bertz CT molecular complexity index is 1320. The Morgan fingerprint density at radius 3 is 2.58 bits per heavy atom. The molecule has 2 amide bonds. The van der Waals surface area contributed by atoms with E-state index in [1.807, 2.05) is 54.6 Å². The first-order valence-electron chi connectivity index (χ1n) is 10.1. The Hall–Kier alpha value is -3.52. The number of benzene rings is 2. The van der Waals surface area contributed by atoms with Gasteiger partial charge in [-0.25, -0.2) is 4.98 Å². The molecule has 8 heteroatoms. The van der Waals surface area contributed by atoms with Crippen LogP contribution in [0.15, 0.2) is 59.4 Å². The molecule has 1 saturated heterocycles. The summed E-state index contributed by atoms with van der Waals surface area (Å²) < 4.78 is 2.34. The van der Waals surface area contributed by atoms with Gasteiger partial charge in [-0.15, -0.1) is 0 Å². The van der Waals surface area contributed by atoms with Crippen molar-refractivity contribution in [3.63, 3.8) is 0 Å². The van der Waals surface area contributed by atoms with Crippen molar-refractivity contribution in [2.24, 2.45) is 0 Å².